The number of ether oxygens (including phenoxy) is 1. The van der Waals surface area contributed by atoms with Crippen LogP contribution in [-0.4, -0.2) is 68.2 Å². The Bertz CT molecular complexity index is 227. The number of methoxy groups -OCH3 is 1. The van der Waals surface area contributed by atoms with E-state index in [2.05, 4.69) is 4.90 Å². The third-order valence-electron chi connectivity index (χ3n) is 2.90. The molecule has 6 heteroatoms. The van der Waals surface area contributed by atoms with Crippen molar-refractivity contribution in [3.63, 3.8) is 0 Å². The van der Waals surface area contributed by atoms with Crippen LogP contribution in [0.2, 0.25) is 0 Å². The van der Waals surface area contributed by atoms with Crippen LogP contribution in [0.5, 0.6) is 0 Å². The fraction of sp³-hybridized carbons (Fsp3) is 0.909. The monoisotopic (exact) mass is 265 g/mol. The van der Waals surface area contributed by atoms with Crippen LogP contribution in [0.1, 0.15) is 13.3 Å². The van der Waals surface area contributed by atoms with Gasteiger partial charge in [0.15, 0.2) is 0 Å². The van der Waals surface area contributed by atoms with Crippen LogP contribution in [0.25, 0.3) is 0 Å². The molecule has 2 N–H and O–H groups in total. The highest BCUT2D eigenvalue weighted by atomic mass is 35.5. The van der Waals surface area contributed by atoms with Gasteiger partial charge in [-0.15, -0.1) is 12.4 Å². The normalized spacial score (nSPS) is 19.4. The minimum atomic E-state index is -0.384. The fourth-order valence-electron chi connectivity index (χ4n) is 1.92. The summed E-state index contributed by atoms with van der Waals surface area (Å²) in [5.74, 6) is 0.0635. The molecule has 5 nitrogen and oxygen atoms in total. The number of halogens is 1. The topological polar surface area (TPSA) is 58.8 Å². The first kappa shape index (κ1) is 16.6. The second-order valence-electron chi connectivity index (χ2n) is 4.30. The van der Waals surface area contributed by atoms with Gasteiger partial charge in [-0.25, -0.2) is 0 Å². The van der Waals surface area contributed by atoms with Gasteiger partial charge in [-0.2, -0.15) is 0 Å². The third-order valence-corrected chi connectivity index (χ3v) is 2.90. The van der Waals surface area contributed by atoms with E-state index in [0.717, 1.165) is 45.8 Å². The number of nitrogens with zero attached hydrogens (tertiary/aromatic N) is 2. The van der Waals surface area contributed by atoms with Crippen LogP contribution in [0.4, 0.5) is 0 Å². The summed E-state index contributed by atoms with van der Waals surface area (Å²) in [6, 6.07) is -0.384. The first-order valence-electron chi connectivity index (χ1n) is 5.91. The number of carbonyl (C=O) groups excluding carboxylic acids is 1. The number of carbonyl (C=O) groups is 1. The Morgan fingerprint density at radius 1 is 1.35 bits per heavy atom. The molecule has 0 saturated carbocycles. The SMILES string of the molecule is COCCN1CCCN(C(=O)C(C)N)CC1.Cl. The van der Waals surface area contributed by atoms with E-state index in [9.17, 15) is 4.79 Å². The molecule has 0 aromatic rings. The van der Waals surface area contributed by atoms with E-state index in [-0.39, 0.29) is 24.4 Å². The van der Waals surface area contributed by atoms with Crippen molar-refractivity contribution in [2.24, 2.45) is 5.73 Å². The molecule has 1 atom stereocenters. The highest BCUT2D eigenvalue weighted by molar-refractivity contribution is 5.85. The number of amides is 1. The molecule has 1 fully saturated rings. The summed E-state index contributed by atoms with van der Waals surface area (Å²) >= 11 is 0. The van der Waals surface area contributed by atoms with Crippen molar-refractivity contribution >= 4 is 18.3 Å². The Morgan fingerprint density at radius 3 is 2.65 bits per heavy atom. The molecule has 0 aliphatic carbocycles. The standard InChI is InChI=1S/C11H23N3O2.ClH/c1-10(12)11(15)14-5-3-4-13(6-7-14)8-9-16-2;/h10H,3-9,12H2,1-2H3;1H. The summed E-state index contributed by atoms with van der Waals surface area (Å²) in [5.41, 5.74) is 5.61. The molecule has 0 aromatic carbocycles. The zero-order chi connectivity index (χ0) is 12.0. The van der Waals surface area contributed by atoms with E-state index in [1.165, 1.54) is 0 Å². The molecule has 0 radical (unpaired) electrons. The van der Waals surface area contributed by atoms with Crippen molar-refractivity contribution in [2.75, 3.05) is 46.4 Å². The second-order valence-corrected chi connectivity index (χ2v) is 4.30. The second kappa shape index (κ2) is 8.69. The lowest BCUT2D eigenvalue weighted by Gasteiger charge is -2.23. The zero-order valence-electron chi connectivity index (χ0n) is 10.7. The van der Waals surface area contributed by atoms with E-state index in [4.69, 9.17) is 10.5 Å². The summed E-state index contributed by atoms with van der Waals surface area (Å²) in [6.45, 7) is 7.00. The highest BCUT2D eigenvalue weighted by Gasteiger charge is 2.20. The van der Waals surface area contributed by atoms with Crippen molar-refractivity contribution < 1.29 is 9.53 Å². The lowest BCUT2D eigenvalue weighted by atomic mass is 10.3. The minimum absolute atomic E-state index is 0. The summed E-state index contributed by atoms with van der Waals surface area (Å²) in [6.07, 6.45) is 1.02. The van der Waals surface area contributed by atoms with Crippen LogP contribution in [0.3, 0.4) is 0 Å². The average molecular weight is 266 g/mol. The molecule has 1 aliphatic heterocycles. The predicted octanol–water partition coefficient (Wildman–Crippen LogP) is -0.0639. The van der Waals surface area contributed by atoms with Gasteiger partial charge < -0.3 is 15.4 Å². The van der Waals surface area contributed by atoms with Crippen molar-refractivity contribution in [3.8, 4) is 0 Å². The molecule has 0 bridgehead atoms. The van der Waals surface area contributed by atoms with Gasteiger partial charge in [-0.3, -0.25) is 9.69 Å². The van der Waals surface area contributed by atoms with Crippen molar-refractivity contribution in [1.82, 2.24) is 9.80 Å². The molecule has 1 amide bonds. The minimum Gasteiger partial charge on any atom is -0.383 e. The van der Waals surface area contributed by atoms with E-state index < -0.39 is 0 Å². The molecule has 1 heterocycles. The van der Waals surface area contributed by atoms with Crippen LogP contribution in [0, 0.1) is 0 Å². The van der Waals surface area contributed by atoms with E-state index in [1.807, 2.05) is 4.90 Å². The van der Waals surface area contributed by atoms with Gasteiger partial charge in [0.2, 0.25) is 5.91 Å². The first-order valence-corrected chi connectivity index (χ1v) is 5.91. The first-order chi connectivity index (χ1) is 7.65. The number of hydrogen-bond acceptors (Lipinski definition) is 4. The van der Waals surface area contributed by atoms with Gasteiger partial charge in [0.05, 0.1) is 12.6 Å². The average Bonchev–Trinajstić information content (AvgIpc) is 2.50. The van der Waals surface area contributed by atoms with Crippen molar-refractivity contribution in [1.29, 1.82) is 0 Å². The molecule has 1 unspecified atom stereocenters. The van der Waals surface area contributed by atoms with Gasteiger partial charge in [-0.1, -0.05) is 0 Å². The molecule has 0 aromatic heterocycles. The van der Waals surface area contributed by atoms with Gasteiger partial charge in [-0.05, 0) is 19.9 Å². The van der Waals surface area contributed by atoms with E-state index in [1.54, 1.807) is 14.0 Å². The smallest absolute Gasteiger partial charge is 0.239 e. The molecule has 0 spiro atoms. The van der Waals surface area contributed by atoms with Crippen LogP contribution >= 0.6 is 12.4 Å². The maximum absolute atomic E-state index is 11.7. The van der Waals surface area contributed by atoms with Gasteiger partial charge in [0.25, 0.3) is 0 Å². The Morgan fingerprint density at radius 2 is 2.06 bits per heavy atom. The molecular weight excluding hydrogens is 242 g/mol. The maximum Gasteiger partial charge on any atom is 0.239 e. The summed E-state index contributed by atoms with van der Waals surface area (Å²) in [4.78, 5) is 15.9. The van der Waals surface area contributed by atoms with E-state index in [0.29, 0.717) is 0 Å². The molecule has 102 valence electrons. The molecule has 1 aliphatic rings. The number of nitrogens with two attached hydrogens (primary N) is 1. The molecular formula is C11H24ClN3O2. The lowest BCUT2D eigenvalue weighted by Crippen LogP contribution is -2.43. The molecule has 17 heavy (non-hydrogen) atoms. The zero-order valence-corrected chi connectivity index (χ0v) is 11.5. The summed E-state index contributed by atoms with van der Waals surface area (Å²) in [5, 5.41) is 0. The van der Waals surface area contributed by atoms with Crippen molar-refractivity contribution in [3.05, 3.63) is 0 Å². The Labute approximate surface area is 110 Å². The van der Waals surface area contributed by atoms with Gasteiger partial charge in [0.1, 0.15) is 0 Å². The largest absolute Gasteiger partial charge is 0.383 e. The summed E-state index contributed by atoms with van der Waals surface area (Å²) in [7, 11) is 1.71. The number of rotatable bonds is 4. The predicted molar refractivity (Wildman–Crippen MR) is 70.4 cm³/mol. The lowest BCUT2D eigenvalue weighted by molar-refractivity contribution is -0.132. The highest BCUT2D eigenvalue weighted by Crippen LogP contribution is 2.04. The van der Waals surface area contributed by atoms with Crippen LogP contribution in [0.15, 0.2) is 0 Å². The number of hydrogen-bond donors (Lipinski definition) is 1. The van der Waals surface area contributed by atoms with Crippen LogP contribution in [-0.2, 0) is 9.53 Å². The Kier molecular flexibility index (Phi) is 8.51. The molecule has 1 rings (SSSR count). The van der Waals surface area contributed by atoms with Gasteiger partial charge in [0, 0.05) is 33.3 Å². The van der Waals surface area contributed by atoms with E-state index >= 15 is 0 Å². The molecule has 1 saturated heterocycles. The Balaban J connectivity index is 0.00000256. The quantitative estimate of drug-likeness (QED) is 0.774. The summed E-state index contributed by atoms with van der Waals surface area (Å²) < 4.78 is 5.06. The van der Waals surface area contributed by atoms with Crippen molar-refractivity contribution in [2.45, 2.75) is 19.4 Å². The van der Waals surface area contributed by atoms with Gasteiger partial charge >= 0.3 is 0 Å². The maximum atomic E-state index is 11.7. The van der Waals surface area contributed by atoms with Crippen LogP contribution < -0.4 is 5.73 Å². The Hall–Kier alpha value is -0.360. The third kappa shape index (κ3) is 5.68. The fourth-order valence-corrected chi connectivity index (χ4v) is 1.92.